The highest BCUT2D eigenvalue weighted by molar-refractivity contribution is 5.78. The van der Waals surface area contributed by atoms with Gasteiger partial charge in [-0.1, -0.05) is 13.8 Å². The fourth-order valence-corrected chi connectivity index (χ4v) is 2.82. The van der Waals surface area contributed by atoms with Gasteiger partial charge in [-0.15, -0.1) is 0 Å². The maximum absolute atomic E-state index is 12.4. The van der Waals surface area contributed by atoms with Crippen molar-refractivity contribution in [3.8, 4) is 0 Å². The topological polar surface area (TPSA) is 42.0 Å². The van der Waals surface area contributed by atoms with Crippen molar-refractivity contribution in [2.75, 3.05) is 59.7 Å². The Morgan fingerprint density at radius 3 is 2.47 bits per heavy atom. The number of ether oxygens (including phenoxy) is 2. The maximum Gasteiger partial charge on any atom is 0.226 e. The standard InChI is InChI=1S/C14H26N2O3/c1-12(8-16-4-6-18-7-5-16)13(17)15(3)9-14(2)10-19-11-14/h12H,4-11H2,1-3H3. The number of hydrogen-bond donors (Lipinski definition) is 0. The Morgan fingerprint density at radius 1 is 1.32 bits per heavy atom. The molecule has 1 amide bonds. The molecule has 2 rings (SSSR count). The lowest BCUT2D eigenvalue weighted by Crippen LogP contribution is -2.51. The molecule has 1 unspecified atom stereocenters. The van der Waals surface area contributed by atoms with Crippen molar-refractivity contribution in [1.82, 2.24) is 9.80 Å². The number of amides is 1. The van der Waals surface area contributed by atoms with E-state index in [1.54, 1.807) is 0 Å². The van der Waals surface area contributed by atoms with Gasteiger partial charge in [-0.25, -0.2) is 0 Å². The van der Waals surface area contributed by atoms with E-state index in [0.29, 0.717) is 0 Å². The fraction of sp³-hybridized carbons (Fsp3) is 0.929. The molecule has 0 aromatic rings. The van der Waals surface area contributed by atoms with Crippen LogP contribution in [0.2, 0.25) is 0 Å². The van der Waals surface area contributed by atoms with E-state index in [2.05, 4.69) is 11.8 Å². The Morgan fingerprint density at radius 2 is 1.95 bits per heavy atom. The monoisotopic (exact) mass is 270 g/mol. The van der Waals surface area contributed by atoms with Crippen LogP contribution in [-0.4, -0.2) is 75.4 Å². The van der Waals surface area contributed by atoms with E-state index in [9.17, 15) is 4.79 Å². The van der Waals surface area contributed by atoms with Crippen molar-refractivity contribution >= 4 is 5.91 Å². The molecule has 5 nitrogen and oxygen atoms in total. The van der Waals surface area contributed by atoms with Crippen LogP contribution in [0, 0.1) is 11.3 Å². The third-order valence-corrected chi connectivity index (χ3v) is 3.95. The summed E-state index contributed by atoms with van der Waals surface area (Å²) in [4.78, 5) is 16.5. The van der Waals surface area contributed by atoms with E-state index in [-0.39, 0.29) is 17.2 Å². The summed E-state index contributed by atoms with van der Waals surface area (Å²) in [6, 6.07) is 0. The predicted molar refractivity (Wildman–Crippen MR) is 73.0 cm³/mol. The van der Waals surface area contributed by atoms with Crippen LogP contribution in [0.3, 0.4) is 0 Å². The molecule has 0 spiro atoms. The summed E-state index contributed by atoms with van der Waals surface area (Å²) in [5.74, 6) is 0.285. The summed E-state index contributed by atoms with van der Waals surface area (Å²) >= 11 is 0. The normalized spacial score (nSPS) is 24.6. The van der Waals surface area contributed by atoms with Gasteiger partial charge in [0.25, 0.3) is 0 Å². The first-order valence-electron chi connectivity index (χ1n) is 7.13. The molecule has 110 valence electrons. The Balaban J connectivity index is 1.77. The molecule has 0 bridgehead atoms. The van der Waals surface area contributed by atoms with Gasteiger partial charge in [-0.05, 0) is 0 Å². The maximum atomic E-state index is 12.4. The van der Waals surface area contributed by atoms with Crippen LogP contribution in [0.25, 0.3) is 0 Å². The minimum Gasteiger partial charge on any atom is -0.380 e. The molecule has 19 heavy (non-hydrogen) atoms. The van der Waals surface area contributed by atoms with Crippen LogP contribution >= 0.6 is 0 Å². The second-order valence-electron chi connectivity index (χ2n) is 6.31. The lowest BCUT2D eigenvalue weighted by Gasteiger charge is -2.41. The number of nitrogens with zero attached hydrogens (tertiary/aromatic N) is 2. The first-order valence-corrected chi connectivity index (χ1v) is 7.13. The van der Waals surface area contributed by atoms with Gasteiger partial charge in [0.05, 0.1) is 26.4 Å². The molecule has 0 N–H and O–H groups in total. The zero-order valence-corrected chi connectivity index (χ0v) is 12.4. The number of hydrogen-bond acceptors (Lipinski definition) is 4. The van der Waals surface area contributed by atoms with Gasteiger partial charge in [-0.3, -0.25) is 9.69 Å². The van der Waals surface area contributed by atoms with E-state index in [1.165, 1.54) is 0 Å². The number of carbonyl (C=O) groups is 1. The fourth-order valence-electron chi connectivity index (χ4n) is 2.82. The summed E-state index contributed by atoms with van der Waals surface area (Å²) in [6.07, 6.45) is 0. The predicted octanol–water partition coefficient (Wildman–Crippen LogP) is 0.450. The zero-order valence-electron chi connectivity index (χ0n) is 12.4. The number of carbonyl (C=O) groups excluding carboxylic acids is 1. The molecule has 2 heterocycles. The third kappa shape index (κ3) is 3.91. The van der Waals surface area contributed by atoms with Crippen molar-refractivity contribution in [2.24, 2.45) is 11.3 Å². The molecule has 0 aromatic heterocycles. The van der Waals surface area contributed by atoms with Crippen LogP contribution < -0.4 is 0 Å². The highest BCUT2D eigenvalue weighted by atomic mass is 16.5. The second kappa shape index (κ2) is 6.20. The van der Waals surface area contributed by atoms with Crippen molar-refractivity contribution in [2.45, 2.75) is 13.8 Å². The molecule has 2 aliphatic heterocycles. The van der Waals surface area contributed by atoms with Gasteiger partial charge in [0.15, 0.2) is 0 Å². The summed E-state index contributed by atoms with van der Waals surface area (Å²) in [6.45, 7) is 10.8. The van der Waals surface area contributed by atoms with Crippen LogP contribution in [0.4, 0.5) is 0 Å². The Labute approximate surface area is 115 Å². The smallest absolute Gasteiger partial charge is 0.226 e. The molecule has 1 atom stereocenters. The Bertz CT molecular complexity index is 312. The molecule has 2 aliphatic rings. The van der Waals surface area contributed by atoms with E-state index in [4.69, 9.17) is 9.47 Å². The lowest BCUT2D eigenvalue weighted by molar-refractivity contribution is -0.146. The van der Waals surface area contributed by atoms with E-state index >= 15 is 0 Å². The number of rotatable bonds is 5. The minimum atomic E-state index is 0.0488. The van der Waals surface area contributed by atoms with Crippen LogP contribution in [0.1, 0.15) is 13.8 Å². The highest BCUT2D eigenvalue weighted by Gasteiger charge is 2.36. The van der Waals surface area contributed by atoms with Gasteiger partial charge >= 0.3 is 0 Å². The van der Waals surface area contributed by atoms with Gasteiger partial charge in [0, 0.05) is 44.6 Å². The van der Waals surface area contributed by atoms with Gasteiger partial charge in [0.1, 0.15) is 0 Å². The first kappa shape index (κ1) is 14.8. The molecular formula is C14H26N2O3. The largest absolute Gasteiger partial charge is 0.380 e. The molecule has 2 saturated heterocycles. The molecule has 0 radical (unpaired) electrons. The van der Waals surface area contributed by atoms with Crippen molar-refractivity contribution in [1.29, 1.82) is 0 Å². The van der Waals surface area contributed by atoms with Gasteiger partial charge < -0.3 is 14.4 Å². The molecule has 5 heteroatoms. The first-order chi connectivity index (χ1) is 9.00. The van der Waals surface area contributed by atoms with Crippen molar-refractivity contribution in [3.63, 3.8) is 0 Å². The summed E-state index contributed by atoms with van der Waals surface area (Å²) in [5.41, 5.74) is 0.156. The third-order valence-electron chi connectivity index (χ3n) is 3.95. The summed E-state index contributed by atoms with van der Waals surface area (Å²) in [5, 5.41) is 0. The molecule has 0 aromatic carbocycles. The average Bonchev–Trinajstić information content (AvgIpc) is 2.37. The zero-order chi connectivity index (χ0) is 13.9. The Kier molecular flexibility index (Phi) is 4.81. The lowest BCUT2D eigenvalue weighted by atomic mass is 9.88. The van der Waals surface area contributed by atoms with Crippen molar-refractivity contribution < 1.29 is 14.3 Å². The number of morpholine rings is 1. The minimum absolute atomic E-state index is 0.0488. The second-order valence-corrected chi connectivity index (χ2v) is 6.31. The molecular weight excluding hydrogens is 244 g/mol. The summed E-state index contributed by atoms with van der Waals surface area (Å²) < 4.78 is 10.6. The van der Waals surface area contributed by atoms with E-state index in [0.717, 1.165) is 52.6 Å². The van der Waals surface area contributed by atoms with Crippen LogP contribution in [0.15, 0.2) is 0 Å². The highest BCUT2D eigenvalue weighted by Crippen LogP contribution is 2.27. The molecule has 0 aliphatic carbocycles. The van der Waals surface area contributed by atoms with Crippen LogP contribution in [0.5, 0.6) is 0 Å². The average molecular weight is 270 g/mol. The SMILES string of the molecule is CC(CN1CCOCC1)C(=O)N(C)CC1(C)COC1. The summed E-state index contributed by atoms with van der Waals surface area (Å²) in [7, 11) is 1.90. The van der Waals surface area contributed by atoms with Crippen LogP contribution in [-0.2, 0) is 14.3 Å². The van der Waals surface area contributed by atoms with E-state index in [1.807, 2.05) is 18.9 Å². The molecule has 2 fully saturated rings. The van der Waals surface area contributed by atoms with Gasteiger partial charge in [0.2, 0.25) is 5.91 Å². The van der Waals surface area contributed by atoms with E-state index < -0.39 is 0 Å². The molecule has 0 saturated carbocycles. The van der Waals surface area contributed by atoms with Crippen molar-refractivity contribution in [3.05, 3.63) is 0 Å². The quantitative estimate of drug-likeness (QED) is 0.727. The Hall–Kier alpha value is -0.650. The van der Waals surface area contributed by atoms with Gasteiger partial charge in [-0.2, -0.15) is 0 Å².